The van der Waals surface area contributed by atoms with E-state index in [2.05, 4.69) is 11.8 Å². The van der Waals surface area contributed by atoms with Gasteiger partial charge in [-0.05, 0) is 62.2 Å². The molecular formula is C18H29ClN2O2S. The zero-order valence-corrected chi connectivity index (χ0v) is 16.0. The van der Waals surface area contributed by atoms with Crippen molar-refractivity contribution in [1.29, 1.82) is 0 Å². The summed E-state index contributed by atoms with van der Waals surface area (Å²) < 4.78 is 0. The van der Waals surface area contributed by atoms with Gasteiger partial charge in [-0.1, -0.05) is 18.7 Å². The number of hydrogen-bond acceptors (Lipinski definition) is 3. The maximum atomic E-state index is 11.1. The van der Waals surface area contributed by atoms with E-state index in [4.69, 9.17) is 10.1 Å². The minimum atomic E-state index is -0.687. The molecule has 0 aromatic rings. The highest BCUT2D eigenvalue weighted by molar-refractivity contribution is 8.14. The fraction of sp³-hybridized carbons (Fsp3) is 0.889. The summed E-state index contributed by atoms with van der Waals surface area (Å²) in [5.74, 6) is 3.78. The zero-order chi connectivity index (χ0) is 16.0. The summed E-state index contributed by atoms with van der Waals surface area (Å²) in [6.07, 6.45) is 8.35. The van der Waals surface area contributed by atoms with Gasteiger partial charge in [0, 0.05) is 12.3 Å². The number of amidine groups is 1. The van der Waals surface area contributed by atoms with Crippen LogP contribution in [0.1, 0.15) is 51.9 Å². The van der Waals surface area contributed by atoms with Gasteiger partial charge in [-0.15, -0.1) is 12.4 Å². The highest BCUT2D eigenvalue weighted by Crippen LogP contribution is 2.55. The minimum absolute atomic E-state index is 0. The number of hydrogen-bond donors (Lipinski definition) is 1. The first-order valence-corrected chi connectivity index (χ1v) is 10.3. The van der Waals surface area contributed by atoms with Crippen LogP contribution in [0.15, 0.2) is 4.99 Å². The van der Waals surface area contributed by atoms with Crippen molar-refractivity contribution in [2.75, 3.05) is 12.3 Å². The molecule has 1 unspecified atom stereocenters. The molecule has 24 heavy (non-hydrogen) atoms. The van der Waals surface area contributed by atoms with Gasteiger partial charge in [0.05, 0.1) is 18.5 Å². The van der Waals surface area contributed by atoms with Crippen LogP contribution in [0.4, 0.5) is 0 Å². The molecule has 1 heterocycles. The van der Waals surface area contributed by atoms with Gasteiger partial charge in [0.25, 0.3) is 0 Å². The maximum absolute atomic E-state index is 11.1. The monoisotopic (exact) mass is 372 g/mol. The van der Waals surface area contributed by atoms with Crippen molar-refractivity contribution >= 4 is 35.3 Å². The molecule has 4 bridgehead atoms. The highest BCUT2D eigenvalue weighted by atomic mass is 35.5. The molecule has 1 aliphatic heterocycles. The lowest BCUT2D eigenvalue weighted by molar-refractivity contribution is -0.137. The molecule has 0 aromatic carbocycles. The molecule has 5 aliphatic rings. The average molecular weight is 373 g/mol. The highest BCUT2D eigenvalue weighted by Gasteiger charge is 2.48. The number of carbonyl (C=O) groups is 1. The second-order valence-electron chi connectivity index (χ2n) is 8.09. The van der Waals surface area contributed by atoms with Gasteiger partial charge >= 0.3 is 5.97 Å². The van der Waals surface area contributed by atoms with Crippen LogP contribution in [0, 0.1) is 23.7 Å². The number of aliphatic imine (C=N–C) groups is 1. The summed E-state index contributed by atoms with van der Waals surface area (Å²) in [5.41, 5.74) is 0. The third kappa shape index (κ3) is 3.44. The topological polar surface area (TPSA) is 52.9 Å². The summed E-state index contributed by atoms with van der Waals surface area (Å²) in [6, 6.07) is 0.654. The van der Waals surface area contributed by atoms with Gasteiger partial charge in [0.2, 0.25) is 0 Å². The van der Waals surface area contributed by atoms with Gasteiger partial charge in [0.1, 0.15) is 0 Å². The number of nitrogens with zero attached hydrogens (tertiary/aromatic N) is 2. The number of rotatable bonds is 5. The Kier molecular flexibility index (Phi) is 5.70. The van der Waals surface area contributed by atoms with Crippen LogP contribution >= 0.6 is 24.2 Å². The lowest BCUT2D eigenvalue weighted by Gasteiger charge is -2.53. The molecule has 136 valence electrons. The lowest BCUT2D eigenvalue weighted by Crippen LogP contribution is -2.48. The van der Waals surface area contributed by atoms with Crippen LogP contribution in [-0.2, 0) is 4.79 Å². The van der Waals surface area contributed by atoms with Crippen molar-refractivity contribution in [2.24, 2.45) is 28.7 Å². The van der Waals surface area contributed by atoms with E-state index in [9.17, 15) is 4.79 Å². The first kappa shape index (κ1) is 18.4. The summed E-state index contributed by atoms with van der Waals surface area (Å²) >= 11 is 1.80. The number of carboxylic acids is 1. The Morgan fingerprint density at radius 1 is 1.21 bits per heavy atom. The zero-order valence-electron chi connectivity index (χ0n) is 14.4. The van der Waals surface area contributed by atoms with Crippen molar-refractivity contribution in [2.45, 2.75) is 64.0 Å². The molecule has 1 atom stereocenters. The molecule has 4 aliphatic carbocycles. The first-order chi connectivity index (χ1) is 11.1. The standard InChI is InChI=1S/C18H28N2O2S.ClH/c1-2-3-20-15(9-16(21)22)10-23-18(20)19-17-13-5-11-4-12(7-13)8-14(17)6-11;/h11-15,17H,2-10H2,1H3,(H,21,22);1H. The molecule has 5 rings (SSSR count). The molecule has 1 saturated heterocycles. The van der Waals surface area contributed by atoms with Crippen LogP contribution in [0.25, 0.3) is 0 Å². The summed E-state index contributed by atoms with van der Waals surface area (Å²) in [5, 5.41) is 10.3. The van der Waals surface area contributed by atoms with E-state index in [-0.39, 0.29) is 24.9 Å². The van der Waals surface area contributed by atoms with E-state index in [1.54, 1.807) is 11.8 Å². The van der Waals surface area contributed by atoms with E-state index in [0.717, 1.165) is 47.6 Å². The fourth-order valence-corrected chi connectivity index (χ4v) is 6.98. The van der Waals surface area contributed by atoms with Crippen LogP contribution in [-0.4, -0.2) is 45.5 Å². The Bertz CT molecular complexity index is 485. The van der Waals surface area contributed by atoms with Crippen LogP contribution in [0.5, 0.6) is 0 Å². The molecule has 4 saturated carbocycles. The molecular weight excluding hydrogens is 344 g/mol. The number of halogens is 1. The Morgan fingerprint density at radius 2 is 1.83 bits per heavy atom. The molecule has 0 spiro atoms. The van der Waals surface area contributed by atoms with Gasteiger partial charge in [-0.2, -0.15) is 0 Å². The number of thioether (sulfide) groups is 1. The van der Waals surface area contributed by atoms with E-state index in [1.165, 1.54) is 32.1 Å². The second-order valence-corrected chi connectivity index (χ2v) is 9.08. The van der Waals surface area contributed by atoms with Crippen molar-refractivity contribution in [1.82, 2.24) is 4.90 Å². The fourth-order valence-electron chi connectivity index (χ4n) is 5.74. The Morgan fingerprint density at radius 3 is 2.38 bits per heavy atom. The average Bonchev–Trinajstić information content (AvgIpc) is 2.84. The van der Waals surface area contributed by atoms with Crippen LogP contribution in [0.3, 0.4) is 0 Å². The molecule has 0 radical (unpaired) electrons. The third-order valence-corrected chi connectivity index (χ3v) is 7.55. The Balaban J connectivity index is 0.00000169. The van der Waals surface area contributed by atoms with Gasteiger partial charge in [-0.25, -0.2) is 0 Å². The van der Waals surface area contributed by atoms with Crippen molar-refractivity contribution in [3.05, 3.63) is 0 Å². The third-order valence-electron chi connectivity index (χ3n) is 6.40. The van der Waals surface area contributed by atoms with E-state index in [0.29, 0.717) is 6.04 Å². The van der Waals surface area contributed by atoms with E-state index in [1.807, 2.05) is 0 Å². The molecule has 1 N–H and O–H groups in total. The maximum Gasteiger partial charge on any atom is 0.305 e. The summed E-state index contributed by atoms with van der Waals surface area (Å²) in [6.45, 7) is 3.11. The molecule has 4 nitrogen and oxygen atoms in total. The summed E-state index contributed by atoms with van der Waals surface area (Å²) in [4.78, 5) is 18.7. The predicted octanol–water partition coefficient (Wildman–Crippen LogP) is 3.89. The second kappa shape index (κ2) is 7.45. The first-order valence-electron chi connectivity index (χ1n) is 9.33. The smallest absolute Gasteiger partial charge is 0.305 e. The molecule has 6 heteroatoms. The van der Waals surface area contributed by atoms with Crippen LogP contribution < -0.4 is 0 Å². The van der Waals surface area contributed by atoms with Crippen molar-refractivity contribution in [3.63, 3.8) is 0 Å². The Labute approximate surface area is 155 Å². The molecule has 5 fully saturated rings. The quantitative estimate of drug-likeness (QED) is 0.795. The summed E-state index contributed by atoms with van der Waals surface area (Å²) in [7, 11) is 0. The Hall–Kier alpha value is -0.420. The number of carboxylic acid groups (broad SMARTS) is 1. The van der Waals surface area contributed by atoms with E-state index < -0.39 is 5.97 Å². The normalized spacial score (nSPS) is 41.7. The SMILES string of the molecule is CCCN1C(=NC2C3CC4CC(C3)CC2C4)SCC1CC(=O)O.Cl. The largest absolute Gasteiger partial charge is 0.481 e. The predicted molar refractivity (Wildman–Crippen MR) is 101 cm³/mol. The van der Waals surface area contributed by atoms with Crippen molar-refractivity contribution in [3.8, 4) is 0 Å². The molecule has 0 aromatic heterocycles. The van der Waals surface area contributed by atoms with Gasteiger partial charge in [-0.3, -0.25) is 9.79 Å². The van der Waals surface area contributed by atoms with Crippen molar-refractivity contribution < 1.29 is 9.90 Å². The molecule has 0 amide bonds. The van der Waals surface area contributed by atoms with Crippen LogP contribution in [0.2, 0.25) is 0 Å². The minimum Gasteiger partial charge on any atom is -0.481 e. The van der Waals surface area contributed by atoms with E-state index >= 15 is 0 Å². The van der Waals surface area contributed by atoms with Gasteiger partial charge in [0.15, 0.2) is 5.17 Å². The number of aliphatic carboxylic acids is 1. The lowest BCUT2D eigenvalue weighted by atomic mass is 9.54. The van der Waals surface area contributed by atoms with Gasteiger partial charge < -0.3 is 10.0 Å².